The molecular weight excluding hydrogens is 501 g/mol. The minimum atomic E-state index is -5.07. The summed E-state index contributed by atoms with van der Waals surface area (Å²) in [7, 11) is 0. The van der Waals surface area contributed by atoms with E-state index < -0.39 is 76.8 Å². The summed E-state index contributed by atoms with van der Waals surface area (Å²) in [6, 6.07) is 5.56. The molecule has 2 N–H and O–H groups in total. The van der Waals surface area contributed by atoms with Crippen LogP contribution in [0.15, 0.2) is 42.5 Å². The molecule has 0 heterocycles. The third kappa shape index (κ3) is 5.97. The van der Waals surface area contributed by atoms with E-state index in [2.05, 4.69) is 0 Å². The van der Waals surface area contributed by atoms with E-state index in [-0.39, 0.29) is 24.5 Å². The molecule has 12 heteroatoms. The molecule has 0 amide bonds. The monoisotopic (exact) mass is 522 g/mol. The molecule has 1 aliphatic carbocycles. The molecule has 0 spiro atoms. The van der Waals surface area contributed by atoms with Gasteiger partial charge in [-0.2, -0.15) is 26.3 Å². The highest BCUT2D eigenvalue weighted by Gasteiger charge is 2.48. The van der Waals surface area contributed by atoms with E-state index >= 15 is 0 Å². The van der Waals surface area contributed by atoms with Crippen molar-refractivity contribution in [2.75, 3.05) is 0 Å². The van der Waals surface area contributed by atoms with Crippen LogP contribution in [0.5, 0.6) is 0 Å². The molecule has 196 valence electrons. The van der Waals surface area contributed by atoms with Crippen molar-refractivity contribution >= 4 is 11.9 Å². The number of alkyl halides is 6. The molecular formula is C24H21F7O5. The lowest BCUT2D eigenvalue weighted by atomic mass is 9.67. The van der Waals surface area contributed by atoms with Gasteiger partial charge in [-0.15, -0.1) is 0 Å². The molecule has 0 bridgehead atoms. The molecule has 0 saturated heterocycles. The summed E-state index contributed by atoms with van der Waals surface area (Å²) in [5.74, 6) is -7.53. The molecule has 0 unspecified atom stereocenters. The van der Waals surface area contributed by atoms with Crippen molar-refractivity contribution in [2.24, 2.45) is 11.8 Å². The zero-order valence-electron chi connectivity index (χ0n) is 18.6. The fourth-order valence-electron chi connectivity index (χ4n) is 4.60. The fourth-order valence-corrected chi connectivity index (χ4v) is 4.60. The van der Waals surface area contributed by atoms with Gasteiger partial charge < -0.3 is 14.9 Å². The Hall–Kier alpha value is -3.15. The van der Waals surface area contributed by atoms with Crippen LogP contribution in [-0.2, 0) is 26.7 Å². The van der Waals surface area contributed by atoms with Gasteiger partial charge >= 0.3 is 24.3 Å². The number of carboxylic acid groups (broad SMARTS) is 2. The molecule has 5 atom stereocenters. The molecule has 36 heavy (non-hydrogen) atoms. The molecule has 1 saturated carbocycles. The molecule has 0 aromatic heterocycles. The highest BCUT2D eigenvalue weighted by Crippen LogP contribution is 2.45. The van der Waals surface area contributed by atoms with Gasteiger partial charge in [0.25, 0.3) is 0 Å². The van der Waals surface area contributed by atoms with E-state index in [9.17, 15) is 50.5 Å². The Morgan fingerprint density at radius 3 is 1.86 bits per heavy atom. The number of hydrogen-bond acceptors (Lipinski definition) is 3. The summed E-state index contributed by atoms with van der Waals surface area (Å²) in [6.07, 6.45) is -12.8. The van der Waals surface area contributed by atoms with Crippen LogP contribution in [-0.4, -0.2) is 28.3 Å². The van der Waals surface area contributed by atoms with E-state index in [1.807, 2.05) is 0 Å². The molecule has 0 aliphatic heterocycles. The molecule has 3 rings (SSSR count). The van der Waals surface area contributed by atoms with Crippen LogP contribution in [0.3, 0.4) is 0 Å². The van der Waals surface area contributed by atoms with Crippen LogP contribution in [0.2, 0.25) is 0 Å². The minimum absolute atomic E-state index is 0.0178. The van der Waals surface area contributed by atoms with Crippen molar-refractivity contribution in [3.63, 3.8) is 0 Å². The number of halogens is 7. The summed E-state index contributed by atoms with van der Waals surface area (Å²) in [5.41, 5.74) is -3.29. The van der Waals surface area contributed by atoms with Crippen molar-refractivity contribution < 1.29 is 55.3 Å². The number of ether oxygens (including phenoxy) is 1. The van der Waals surface area contributed by atoms with Crippen LogP contribution in [0.4, 0.5) is 30.7 Å². The Bertz CT molecular complexity index is 1080. The van der Waals surface area contributed by atoms with Crippen LogP contribution in [0.1, 0.15) is 54.0 Å². The van der Waals surface area contributed by atoms with Crippen LogP contribution < -0.4 is 0 Å². The maximum Gasteiger partial charge on any atom is 0.416 e. The maximum atomic E-state index is 13.5. The van der Waals surface area contributed by atoms with Crippen molar-refractivity contribution in [3.05, 3.63) is 70.5 Å². The Morgan fingerprint density at radius 2 is 1.42 bits per heavy atom. The predicted molar refractivity (Wildman–Crippen MR) is 110 cm³/mol. The van der Waals surface area contributed by atoms with Gasteiger partial charge in [0.1, 0.15) is 5.82 Å². The summed E-state index contributed by atoms with van der Waals surface area (Å²) < 4.78 is 99.0. The highest BCUT2D eigenvalue weighted by atomic mass is 19.4. The van der Waals surface area contributed by atoms with E-state index in [1.165, 1.54) is 19.1 Å². The summed E-state index contributed by atoms with van der Waals surface area (Å²) in [6.45, 7) is 1.22. The van der Waals surface area contributed by atoms with Crippen LogP contribution in [0, 0.1) is 17.7 Å². The second kappa shape index (κ2) is 10.1. The van der Waals surface area contributed by atoms with Crippen molar-refractivity contribution in [1.29, 1.82) is 0 Å². The molecule has 2 aromatic rings. The van der Waals surface area contributed by atoms with Gasteiger partial charge in [-0.05, 0) is 61.2 Å². The number of aliphatic carboxylic acids is 2. The first-order valence-electron chi connectivity index (χ1n) is 10.8. The molecule has 5 nitrogen and oxygen atoms in total. The zero-order valence-corrected chi connectivity index (χ0v) is 18.6. The third-order valence-corrected chi connectivity index (χ3v) is 6.30. The van der Waals surface area contributed by atoms with Crippen molar-refractivity contribution in [1.82, 2.24) is 0 Å². The first kappa shape index (κ1) is 27.4. The SMILES string of the molecule is C[C@@H](O[C@H]1CC[C@H](C(=O)O)[C@H](C(=O)O)[C@@H]1c1ccc(F)cc1)c1cc(C(F)(F)F)cc(C(F)(F)F)c1. The van der Waals surface area contributed by atoms with Crippen molar-refractivity contribution in [2.45, 2.75) is 50.2 Å². The smallest absolute Gasteiger partial charge is 0.416 e. The lowest BCUT2D eigenvalue weighted by Gasteiger charge is -2.40. The largest absolute Gasteiger partial charge is 0.481 e. The van der Waals surface area contributed by atoms with Gasteiger partial charge in [-0.25, -0.2) is 4.39 Å². The quantitative estimate of drug-likeness (QED) is 0.436. The number of benzene rings is 2. The molecule has 0 radical (unpaired) electrons. The van der Waals surface area contributed by atoms with E-state index in [1.54, 1.807) is 0 Å². The summed E-state index contributed by atoms with van der Waals surface area (Å²) in [4.78, 5) is 23.8. The highest BCUT2D eigenvalue weighted by molar-refractivity contribution is 5.81. The van der Waals surface area contributed by atoms with Gasteiger partial charge in [0.2, 0.25) is 0 Å². The Labute approximate surface area is 200 Å². The molecule has 2 aromatic carbocycles. The van der Waals surface area contributed by atoms with Crippen LogP contribution in [0.25, 0.3) is 0 Å². The van der Waals surface area contributed by atoms with Gasteiger partial charge in [0, 0.05) is 5.92 Å². The molecule has 1 fully saturated rings. The maximum absolute atomic E-state index is 13.5. The van der Waals surface area contributed by atoms with Crippen molar-refractivity contribution in [3.8, 4) is 0 Å². The summed E-state index contributed by atoms with van der Waals surface area (Å²) in [5, 5.41) is 19.4. The Morgan fingerprint density at radius 1 is 0.889 bits per heavy atom. The van der Waals surface area contributed by atoms with E-state index in [0.717, 1.165) is 12.1 Å². The lowest BCUT2D eigenvalue weighted by molar-refractivity contribution is -0.162. The number of carbonyl (C=O) groups is 2. The first-order chi connectivity index (χ1) is 16.6. The third-order valence-electron chi connectivity index (χ3n) is 6.30. The zero-order chi connectivity index (χ0) is 27.0. The minimum Gasteiger partial charge on any atom is -0.481 e. The average molecular weight is 522 g/mol. The lowest BCUT2D eigenvalue weighted by Crippen LogP contribution is -2.44. The topological polar surface area (TPSA) is 83.8 Å². The number of hydrogen-bond donors (Lipinski definition) is 2. The van der Waals surface area contributed by atoms with Gasteiger partial charge in [0.15, 0.2) is 0 Å². The molecule has 1 aliphatic rings. The standard InChI is InChI=1S/C24H21F7O5/c1-11(13-8-14(23(26,27)28)10-15(9-13)24(29,30)31)36-18-7-6-17(21(32)33)20(22(34)35)19(18)12-2-4-16(25)5-3-12/h2-5,8-11,17-20H,6-7H2,1H3,(H,32,33)(H,34,35)/t11-,17+,18+,19-,20+/m1/s1. The van der Waals surface area contributed by atoms with Crippen LogP contribution >= 0.6 is 0 Å². The fraction of sp³-hybridized carbons (Fsp3) is 0.417. The average Bonchev–Trinajstić information content (AvgIpc) is 2.77. The first-order valence-corrected chi connectivity index (χ1v) is 10.8. The van der Waals surface area contributed by atoms with Gasteiger partial charge in [0.05, 0.1) is 35.2 Å². The van der Waals surface area contributed by atoms with E-state index in [4.69, 9.17) is 4.74 Å². The second-order valence-electron chi connectivity index (χ2n) is 8.62. The Balaban J connectivity index is 2.03. The van der Waals surface area contributed by atoms with E-state index in [0.29, 0.717) is 12.1 Å². The number of carboxylic acids is 2. The Kier molecular flexibility index (Phi) is 7.68. The van der Waals surface area contributed by atoms with Gasteiger partial charge in [-0.1, -0.05) is 12.1 Å². The normalized spacial score (nSPS) is 23.8. The summed E-state index contributed by atoms with van der Waals surface area (Å²) >= 11 is 0. The predicted octanol–water partition coefficient (Wildman–Crippen LogP) is 6.29. The second-order valence-corrected chi connectivity index (χ2v) is 8.62. The van der Waals surface area contributed by atoms with Gasteiger partial charge in [-0.3, -0.25) is 9.59 Å². The number of rotatable bonds is 6.